The summed E-state index contributed by atoms with van der Waals surface area (Å²) in [5, 5.41) is 0. The Hall–Kier alpha value is -2.54. The topological polar surface area (TPSA) is 59.4 Å². The maximum atomic E-state index is 12.8. The first kappa shape index (κ1) is 15.7. The second kappa shape index (κ2) is 6.32. The number of hydrogen-bond acceptors (Lipinski definition) is 5. The first-order valence-electron chi connectivity index (χ1n) is 8.85. The Morgan fingerprint density at radius 3 is 2.69 bits per heavy atom. The van der Waals surface area contributed by atoms with Gasteiger partial charge >= 0.3 is 0 Å². The lowest BCUT2D eigenvalue weighted by atomic mass is 10.0. The molecule has 6 heteroatoms. The molecule has 4 heterocycles. The molecule has 0 radical (unpaired) electrons. The van der Waals surface area contributed by atoms with E-state index in [4.69, 9.17) is 9.47 Å². The number of hydrogen-bond donors (Lipinski definition) is 0. The van der Waals surface area contributed by atoms with E-state index in [9.17, 15) is 4.79 Å². The summed E-state index contributed by atoms with van der Waals surface area (Å²) < 4.78 is 13.0. The van der Waals surface area contributed by atoms with Gasteiger partial charge in [0.25, 0.3) is 0 Å². The van der Waals surface area contributed by atoms with Crippen molar-refractivity contribution in [2.75, 3.05) is 26.3 Å². The van der Waals surface area contributed by atoms with Gasteiger partial charge in [-0.3, -0.25) is 14.1 Å². The molecule has 0 spiro atoms. The molecule has 0 bridgehead atoms. The molecule has 5 rings (SSSR count). The van der Waals surface area contributed by atoms with E-state index in [1.807, 2.05) is 53.1 Å². The maximum Gasteiger partial charge on any atom is 0.211 e. The van der Waals surface area contributed by atoms with Crippen LogP contribution in [0.5, 0.6) is 0 Å². The monoisotopic (exact) mass is 349 g/mol. The number of ether oxygens (including phenoxy) is 2. The number of imidazole rings is 1. The number of ketones is 1. The van der Waals surface area contributed by atoms with Crippen molar-refractivity contribution >= 4 is 11.4 Å². The van der Waals surface area contributed by atoms with Crippen LogP contribution in [0.4, 0.5) is 0 Å². The smallest absolute Gasteiger partial charge is 0.211 e. The van der Waals surface area contributed by atoms with Gasteiger partial charge in [0, 0.05) is 24.8 Å². The third kappa shape index (κ3) is 2.72. The Balaban J connectivity index is 1.33. The Morgan fingerprint density at radius 2 is 1.88 bits per heavy atom. The number of epoxide rings is 1. The van der Waals surface area contributed by atoms with Gasteiger partial charge in [0.2, 0.25) is 5.78 Å². The summed E-state index contributed by atoms with van der Waals surface area (Å²) in [7, 11) is 0. The summed E-state index contributed by atoms with van der Waals surface area (Å²) in [6.45, 7) is 3.34. The fourth-order valence-electron chi connectivity index (χ4n) is 3.53. The summed E-state index contributed by atoms with van der Waals surface area (Å²) in [5.74, 6) is -0.0308. The quantitative estimate of drug-likeness (QED) is 0.534. The summed E-state index contributed by atoms with van der Waals surface area (Å²) in [4.78, 5) is 19.4. The van der Waals surface area contributed by atoms with Crippen molar-refractivity contribution in [3.8, 4) is 0 Å². The van der Waals surface area contributed by atoms with E-state index in [-0.39, 0.29) is 18.1 Å². The largest absolute Gasteiger partial charge is 0.379 e. The molecule has 0 amide bonds. The third-order valence-corrected chi connectivity index (χ3v) is 5.03. The molecule has 0 N–H and O–H groups in total. The first-order chi connectivity index (χ1) is 12.8. The number of morpholine rings is 1. The molecule has 2 atom stereocenters. The molecule has 26 heavy (non-hydrogen) atoms. The molecule has 132 valence electrons. The van der Waals surface area contributed by atoms with Crippen molar-refractivity contribution in [1.82, 2.24) is 14.3 Å². The molecule has 2 aliphatic rings. The zero-order chi connectivity index (χ0) is 17.5. The highest BCUT2D eigenvalue weighted by molar-refractivity contribution is 6.08. The highest BCUT2D eigenvalue weighted by atomic mass is 16.6. The van der Waals surface area contributed by atoms with Crippen LogP contribution < -0.4 is 0 Å². The lowest BCUT2D eigenvalue weighted by Crippen LogP contribution is -2.38. The molecule has 0 aliphatic carbocycles. The molecule has 2 saturated heterocycles. The molecular formula is C20H19N3O3. The van der Waals surface area contributed by atoms with Gasteiger partial charge in [-0.1, -0.05) is 30.3 Å². The van der Waals surface area contributed by atoms with E-state index < -0.39 is 0 Å². The summed E-state index contributed by atoms with van der Waals surface area (Å²) in [6, 6.07) is 13.4. The third-order valence-electron chi connectivity index (χ3n) is 5.03. The number of pyridine rings is 1. The minimum Gasteiger partial charge on any atom is -0.379 e. The number of nitrogens with zero attached hydrogens (tertiary/aromatic N) is 3. The molecule has 6 nitrogen and oxygen atoms in total. The lowest BCUT2D eigenvalue weighted by molar-refractivity contribution is 0.0162. The summed E-state index contributed by atoms with van der Waals surface area (Å²) in [5.41, 5.74) is 3.11. The SMILES string of the molecule is O=C(c1ccc(C2OC2N2CCOCC2)cc1)c1cnc2ccccn12. The molecule has 2 aliphatic heterocycles. The molecule has 2 aromatic heterocycles. The number of carbonyl (C=O) groups is 1. The van der Waals surface area contributed by atoms with E-state index in [2.05, 4.69) is 9.88 Å². The van der Waals surface area contributed by atoms with Crippen LogP contribution in [0.1, 0.15) is 27.7 Å². The predicted octanol–water partition coefficient (Wildman–Crippen LogP) is 2.29. The number of fused-ring (bicyclic) bond motifs is 1. The van der Waals surface area contributed by atoms with Gasteiger partial charge in [0.1, 0.15) is 23.7 Å². The minimum atomic E-state index is -0.0308. The molecule has 2 fully saturated rings. The van der Waals surface area contributed by atoms with Crippen molar-refractivity contribution in [2.45, 2.75) is 12.3 Å². The first-order valence-corrected chi connectivity index (χ1v) is 8.85. The van der Waals surface area contributed by atoms with Crippen LogP contribution in [-0.2, 0) is 9.47 Å². The van der Waals surface area contributed by atoms with E-state index in [0.717, 1.165) is 37.5 Å². The minimum absolute atomic E-state index is 0.0308. The van der Waals surface area contributed by atoms with Crippen LogP contribution in [0.25, 0.3) is 5.65 Å². The van der Waals surface area contributed by atoms with Gasteiger partial charge < -0.3 is 9.47 Å². The van der Waals surface area contributed by atoms with E-state index in [0.29, 0.717) is 11.3 Å². The zero-order valence-electron chi connectivity index (χ0n) is 14.2. The van der Waals surface area contributed by atoms with Crippen molar-refractivity contribution in [2.24, 2.45) is 0 Å². The fraction of sp³-hybridized carbons (Fsp3) is 0.300. The van der Waals surface area contributed by atoms with Crippen LogP contribution >= 0.6 is 0 Å². The average Bonchev–Trinajstić information content (AvgIpc) is 3.40. The lowest BCUT2D eigenvalue weighted by Gasteiger charge is -2.24. The van der Waals surface area contributed by atoms with Crippen molar-refractivity contribution in [3.05, 3.63) is 71.7 Å². The Kier molecular flexibility index (Phi) is 3.81. The highest BCUT2D eigenvalue weighted by Gasteiger charge is 2.44. The van der Waals surface area contributed by atoms with Gasteiger partial charge in [-0.25, -0.2) is 4.98 Å². The van der Waals surface area contributed by atoms with Gasteiger partial charge in [-0.15, -0.1) is 0 Å². The maximum absolute atomic E-state index is 12.8. The molecule has 0 saturated carbocycles. The van der Waals surface area contributed by atoms with Crippen LogP contribution in [0.15, 0.2) is 54.9 Å². The summed E-state index contributed by atoms with van der Waals surface area (Å²) >= 11 is 0. The van der Waals surface area contributed by atoms with Crippen molar-refractivity contribution in [3.63, 3.8) is 0 Å². The van der Waals surface area contributed by atoms with E-state index in [1.165, 1.54) is 0 Å². The second-order valence-corrected chi connectivity index (χ2v) is 6.62. The number of aromatic nitrogens is 2. The fourth-order valence-corrected chi connectivity index (χ4v) is 3.53. The highest BCUT2D eigenvalue weighted by Crippen LogP contribution is 2.41. The number of carbonyl (C=O) groups excluding carboxylic acids is 1. The zero-order valence-corrected chi connectivity index (χ0v) is 14.2. The van der Waals surface area contributed by atoms with E-state index in [1.54, 1.807) is 6.20 Å². The molecule has 3 aromatic rings. The van der Waals surface area contributed by atoms with Crippen LogP contribution in [-0.4, -0.2) is 52.6 Å². The standard InChI is InChI=1S/C20H19N3O3/c24-18(16-13-21-17-3-1-2-8-23(16)17)14-4-6-15(7-5-14)19-20(26-19)22-9-11-25-12-10-22/h1-8,13,19-20H,9-12H2. The average molecular weight is 349 g/mol. The van der Waals surface area contributed by atoms with Crippen LogP contribution in [0.3, 0.4) is 0 Å². The predicted molar refractivity (Wildman–Crippen MR) is 95.1 cm³/mol. The van der Waals surface area contributed by atoms with E-state index >= 15 is 0 Å². The van der Waals surface area contributed by atoms with Gasteiger partial charge in [0.05, 0.1) is 19.4 Å². The number of benzene rings is 1. The molecule has 2 unspecified atom stereocenters. The molecule has 1 aromatic carbocycles. The van der Waals surface area contributed by atoms with Crippen molar-refractivity contribution in [1.29, 1.82) is 0 Å². The second-order valence-electron chi connectivity index (χ2n) is 6.62. The van der Waals surface area contributed by atoms with Crippen LogP contribution in [0, 0.1) is 0 Å². The summed E-state index contributed by atoms with van der Waals surface area (Å²) in [6.07, 6.45) is 3.71. The number of rotatable bonds is 4. The molecular weight excluding hydrogens is 330 g/mol. The van der Waals surface area contributed by atoms with Gasteiger partial charge in [-0.2, -0.15) is 0 Å². The van der Waals surface area contributed by atoms with Gasteiger partial charge in [0.15, 0.2) is 0 Å². The van der Waals surface area contributed by atoms with Crippen LogP contribution in [0.2, 0.25) is 0 Å². The Morgan fingerprint density at radius 1 is 1.08 bits per heavy atom. The normalized spacial score (nSPS) is 23.2. The Bertz CT molecular complexity index is 944. The Labute approximate surface area is 151 Å². The van der Waals surface area contributed by atoms with Crippen molar-refractivity contribution < 1.29 is 14.3 Å². The van der Waals surface area contributed by atoms with Gasteiger partial charge in [-0.05, 0) is 17.7 Å².